The van der Waals surface area contributed by atoms with Crippen molar-refractivity contribution in [3.05, 3.63) is 16.9 Å². The molecule has 1 aromatic heterocycles. The van der Waals surface area contributed by atoms with E-state index in [-0.39, 0.29) is 5.75 Å². The predicted molar refractivity (Wildman–Crippen MR) is 86.5 cm³/mol. The number of thiazole rings is 1. The lowest BCUT2D eigenvalue weighted by atomic mass is 10.3. The highest BCUT2D eigenvalue weighted by Crippen LogP contribution is 2.33. The van der Waals surface area contributed by atoms with E-state index in [0.717, 1.165) is 16.8 Å². The lowest BCUT2D eigenvalue weighted by molar-refractivity contribution is 0.355. The summed E-state index contributed by atoms with van der Waals surface area (Å²) >= 11 is 1.45. The quantitative estimate of drug-likeness (QED) is 0.824. The first-order valence-electron chi connectivity index (χ1n) is 6.52. The van der Waals surface area contributed by atoms with Crippen molar-refractivity contribution in [1.29, 1.82) is 5.41 Å². The van der Waals surface area contributed by atoms with Gasteiger partial charge in [0.25, 0.3) is 10.1 Å². The molecular weight excluding hydrogens is 328 g/mol. The number of rotatable bonds is 4. The summed E-state index contributed by atoms with van der Waals surface area (Å²) in [6.45, 7) is 4.19. The maximum absolute atomic E-state index is 9.56. The van der Waals surface area contributed by atoms with E-state index in [1.54, 1.807) is 14.2 Å². The van der Waals surface area contributed by atoms with Gasteiger partial charge in [-0.3, -0.25) is 9.96 Å². The van der Waals surface area contributed by atoms with E-state index in [0.29, 0.717) is 16.3 Å². The van der Waals surface area contributed by atoms with Crippen molar-refractivity contribution < 1.29 is 22.4 Å². The zero-order chi connectivity index (χ0) is 16.9. The fourth-order valence-corrected chi connectivity index (χ4v) is 2.71. The van der Waals surface area contributed by atoms with Crippen LogP contribution in [0.3, 0.4) is 0 Å². The monoisotopic (exact) mass is 348 g/mol. The van der Waals surface area contributed by atoms with Gasteiger partial charge in [0.05, 0.1) is 30.2 Å². The number of fused-ring (bicyclic) bond motifs is 1. The molecule has 0 aliphatic heterocycles. The Morgan fingerprint density at radius 3 is 2.14 bits per heavy atom. The summed E-state index contributed by atoms with van der Waals surface area (Å²) in [5, 5.41) is 7.85. The molecule has 0 aliphatic rings. The summed E-state index contributed by atoms with van der Waals surface area (Å²) in [7, 11) is -0.425. The molecule has 0 unspecified atom stereocenters. The first-order valence-corrected chi connectivity index (χ1v) is 8.95. The van der Waals surface area contributed by atoms with Crippen LogP contribution in [0.4, 0.5) is 0 Å². The molecule has 124 valence electrons. The van der Waals surface area contributed by atoms with Gasteiger partial charge in [-0.05, 0) is 13.8 Å². The number of ether oxygens (including phenoxy) is 2. The molecule has 1 heterocycles. The van der Waals surface area contributed by atoms with E-state index in [4.69, 9.17) is 19.4 Å². The van der Waals surface area contributed by atoms with Crippen LogP contribution in [0.15, 0.2) is 12.1 Å². The number of hydrogen-bond donors (Lipinski definition) is 2. The predicted octanol–water partition coefficient (Wildman–Crippen LogP) is 2.11. The lowest BCUT2D eigenvalue weighted by Crippen LogP contribution is -2.10. The van der Waals surface area contributed by atoms with Crippen molar-refractivity contribution in [1.82, 2.24) is 4.57 Å². The minimum absolute atomic E-state index is 0.201. The Morgan fingerprint density at radius 2 is 1.73 bits per heavy atom. The zero-order valence-electron chi connectivity index (χ0n) is 12.9. The van der Waals surface area contributed by atoms with E-state index in [1.807, 2.05) is 23.6 Å². The third-order valence-electron chi connectivity index (χ3n) is 2.89. The van der Waals surface area contributed by atoms with Gasteiger partial charge in [-0.15, -0.1) is 0 Å². The molecule has 0 bridgehead atoms. The molecule has 0 radical (unpaired) electrons. The molecule has 2 N–H and O–H groups in total. The van der Waals surface area contributed by atoms with Crippen LogP contribution in [0.1, 0.15) is 13.8 Å². The molecule has 9 heteroatoms. The molecule has 0 saturated carbocycles. The fraction of sp³-hybridized carbons (Fsp3) is 0.462. The molecule has 0 spiro atoms. The molecule has 0 atom stereocenters. The average Bonchev–Trinajstić information content (AvgIpc) is 2.79. The molecule has 0 amide bonds. The summed E-state index contributed by atoms with van der Waals surface area (Å²) in [6, 6.07) is 3.84. The highest BCUT2D eigenvalue weighted by Gasteiger charge is 2.10. The minimum Gasteiger partial charge on any atom is -0.493 e. The number of benzene rings is 1. The Balaban J connectivity index is 0.000000346. The highest BCUT2D eigenvalue weighted by molar-refractivity contribution is 7.85. The molecular formula is C13H20N2O5S2. The number of hydrogen-bond acceptors (Lipinski definition) is 6. The maximum Gasteiger partial charge on any atom is 0.264 e. The second-order valence-corrected chi connectivity index (χ2v) is 6.97. The largest absolute Gasteiger partial charge is 0.493 e. The normalized spacial score (nSPS) is 11.0. The number of nitrogens with one attached hydrogen (secondary N) is 1. The Labute approximate surface area is 133 Å². The van der Waals surface area contributed by atoms with Crippen molar-refractivity contribution in [3.63, 3.8) is 0 Å². The van der Waals surface area contributed by atoms with Gasteiger partial charge in [-0.2, -0.15) is 8.42 Å². The summed E-state index contributed by atoms with van der Waals surface area (Å²) in [4.78, 5) is 0.549. The number of aryl methyl sites for hydroxylation is 1. The third-order valence-corrected chi connectivity index (χ3v) is 4.58. The lowest BCUT2D eigenvalue weighted by Gasteiger charge is -2.08. The van der Waals surface area contributed by atoms with Gasteiger partial charge in [0.2, 0.25) is 0 Å². The first kappa shape index (κ1) is 18.5. The van der Waals surface area contributed by atoms with Crippen molar-refractivity contribution >= 4 is 31.7 Å². The first-order chi connectivity index (χ1) is 10.3. The summed E-state index contributed by atoms with van der Waals surface area (Å²) in [5.41, 5.74) is 1.02. The molecule has 0 fully saturated rings. The van der Waals surface area contributed by atoms with Crippen molar-refractivity contribution in [3.8, 4) is 11.5 Å². The SMILES string of the molecule is CCS(=O)(=O)O.CCn1c(=N)sc2cc(OC)c(OC)cc21. The van der Waals surface area contributed by atoms with Gasteiger partial charge in [0, 0.05) is 18.7 Å². The van der Waals surface area contributed by atoms with Gasteiger partial charge in [-0.25, -0.2) is 0 Å². The zero-order valence-corrected chi connectivity index (χ0v) is 14.5. The van der Waals surface area contributed by atoms with Crippen LogP contribution in [0.2, 0.25) is 0 Å². The Bertz CT molecular complexity index is 793. The number of aromatic nitrogens is 1. The van der Waals surface area contributed by atoms with Gasteiger partial charge in [-0.1, -0.05) is 11.3 Å². The van der Waals surface area contributed by atoms with E-state index in [9.17, 15) is 8.42 Å². The minimum atomic E-state index is -3.66. The van der Waals surface area contributed by atoms with Crippen LogP contribution in [0, 0.1) is 5.41 Å². The van der Waals surface area contributed by atoms with E-state index < -0.39 is 10.1 Å². The molecule has 22 heavy (non-hydrogen) atoms. The molecule has 0 saturated heterocycles. The molecule has 0 aliphatic carbocycles. The van der Waals surface area contributed by atoms with E-state index in [1.165, 1.54) is 18.3 Å². The Morgan fingerprint density at radius 1 is 1.23 bits per heavy atom. The van der Waals surface area contributed by atoms with Crippen LogP contribution in [0.25, 0.3) is 10.2 Å². The van der Waals surface area contributed by atoms with Crippen molar-refractivity contribution in [2.45, 2.75) is 20.4 Å². The molecule has 1 aromatic carbocycles. The van der Waals surface area contributed by atoms with E-state index >= 15 is 0 Å². The summed E-state index contributed by atoms with van der Waals surface area (Å²) in [5.74, 6) is 1.21. The molecule has 7 nitrogen and oxygen atoms in total. The second-order valence-electron chi connectivity index (χ2n) is 4.20. The van der Waals surface area contributed by atoms with Crippen LogP contribution >= 0.6 is 11.3 Å². The third kappa shape index (κ3) is 4.46. The van der Waals surface area contributed by atoms with Crippen LogP contribution in [0.5, 0.6) is 11.5 Å². The fourth-order valence-electron chi connectivity index (χ4n) is 1.72. The summed E-state index contributed by atoms with van der Waals surface area (Å²) in [6.07, 6.45) is 0. The topological polar surface area (TPSA) is 102 Å². The Hall–Kier alpha value is -1.58. The van der Waals surface area contributed by atoms with Gasteiger partial charge in [0.15, 0.2) is 16.3 Å². The van der Waals surface area contributed by atoms with Gasteiger partial charge in [0.1, 0.15) is 0 Å². The number of methoxy groups -OCH3 is 2. The second kappa shape index (κ2) is 7.61. The maximum atomic E-state index is 9.56. The summed E-state index contributed by atoms with van der Waals surface area (Å²) < 4.78 is 40.4. The van der Waals surface area contributed by atoms with Crippen LogP contribution < -0.4 is 14.3 Å². The highest BCUT2D eigenvalue weighted by atomic mass is 32.2. The van der Waals surface area contributed by atoms with E-state index in [2.05, 4.69) is 0 Å². The van der Waals surface area contributed by atoms with Crippen molar-refractivity contribution in [2.24, 2.45) is 0 Å². The standard InChI is InChI=1S/C11H14N2O2S.C2H6O3S/c1-4-13-7-5-8(14-2)9(15-3)6-10(7)16-11(13)12;1-2-6(3,4)5/h5-6,12H,4H2,1-3H3;2H2,1H3,(H,3,4,5). The Kier molecular flexibility index (Phi) is 6.39. The van der Waals surface area contributed by atoms with Gasteiger partial charge < -0.3 is 14.0 Å². The van der Waals surface area contributed by atoms with Crippen LogP contribution in [-0.4, -0.2) is 37.5 Å². The van der Waals surface area contributed by atoms with Gasteiger partial charge >= 0.3 is 0 Å². The van der Waals surface area contributed by atoms with Crippen LogP contribution in [-0.2, 0) is 16.7 Å². The molecule has 2 rings (SSSR count). The van der Waals surface area contributed by atoms with Crippen molar-refractivity contribution in [2.75, 3.05) is 20.0 Å². The molecule has 2 aromatic rings. The average molecular weight is 348 g/mol. The number of nitrogens with zero attached hydrogens (tertiary/aromatic N) is 1. The smallest absolute Gasteiger partial charge is 0.264 e.